The van der Waals surface area contributed by atoms with Crippen molar-refractivity contribution in [1.29, 1.82) is 5.26 Å². The fraction of sp³-hybridized carbons (Fsp3) is 0.172. The minimum atomic E-state index is -0.265. The monoisotopic (exact) mass is 489 g/mol. The van der Waals surface area contributed by atoms with Gasteiger partial charge in [0.15, 0.2) is 0 Å². The van der Waals surface area contributed by atoms with Crippen LogP contribution in [0.15, 0.2) is 79.5 Å². The number of hydrogen-bond donors (Lipinski definition) is 2. The molecule has 4 aromatic rings. The number of benzene rings is 3. The summed E-state index contributed by atoms with van der Waals surface area (Å²) < 4.78 is 0. The third kappa shape index (κ3) is 5.27. The highest BCUT2D eigenvalue weighted by Gasteiger charge is 2.17. The summed E-state index contributed by atoms with van der Waals surface area (Å²) in [5.74, 6) is 0.173. The Bertz CT molecular complexity index is 1520. The van der Waals surface area contributed by atoms with E-state index in [2.05, 4.69) is 45.1 Å². The molecule has 5 rings (SSSR count). The number of carbonyl (C=O) groups excluding carboxylic acids is 1. The molecule has 1 aromatic heterocycles. The zero-order valence-corrected chi connectivity index (χ0v) is 20.6. The van der Waals surface area contributed by atoms with E-state index in [-0.39, 0.29) is 5.91 Å². The van der Waals surface area contributed by atoms with Crippen LogP contribution in [0.3, 0.4) is 0 Å². The molecule has 0 radical (unpaired) electrons. The fourth-order valence-corrected chi connectivity index (χ4v) is 4.46. The zero-order valence-electron chi connectivity index (χ0n) is 20.6. The molecule has 0 saturated carbocycles. The third-order valence-corrected chi connectivity index (χ3v) is 6.45. The lowest BCUT2D eigenvalue weighted by molar-refractivity contribution is -0.111. The van der Waals surface area contributed by atoms with E-state index in [4.69, 9.17) is 4.98 Å². The Kier molecular flexibility index (Phi) is 6.79. The lowest BCUT2D eigenvalue weighted by Crippen LogP contribution is -2.44. The second kappa shape index (κ2) is 10.5. The number of nitriles is 1. The van der Waals surface area contributed by atoms with Gasteiger partial charge >= 0.3 is 0 Å². The Hall–Kier alpha value is -4.74. The van der Waals surface area contributed by atoms with Crippen molar-refractivity contribution in [1.82, 2.24) is 14.9 Å². The van der Waals surface area contributed by atoms with Crippen molar-refractivity contribution in [3.8, 4) is 17.2 Å². The summed E-state index contributed by atoms with van der Waals surface area (Å²) in [6.07, 6.45) is 3.02. The number of anilines is 4. The van der Waals surface area contributed by atoms with Crippen LogP contribution in [-0.4, -0.2) is 54.0 Å². The molecule has 8 nitrogen and oxygen atoms in total. The largest absolute Gasteiger partial charge is 0.368 e. The van der Waals surface area contributed by atoms with Crippen molar-refractivity contribution in [2.75, 3.05) is 48.8 Å². The number of carbonyl (C=O) groups is 1. The molecule has 0 atom stereocenters. The molecule has 0 spiro atoms. The van der Waals surface area contributed by atoms with Gasteiger partial charge in [0.1, 0.15) is 6.07 Å². The van der Waals surface area contributed by atoms with E-state index in [9.17, 15) is 10.1 Å². The van der Waals surface area contributed by atoms with E-state index in [1.807, 2.05) is 60.7 Å². The molecule has 0 unspecified atom stereocenters. The number of amides is 1. The van der Waals surface area contributed by atoms with E-state index in [0.717, 1.165) is 59.6 Å². The first kappa shape index (κ1) is 24.0. The van der Waals surface area contributed by atoms with E-state index < -0.39 is 0 Å². The van der Waals surface area contributed by atoms with Gasteiger partial charge in [-0.1, -0.05) is 36.9 Å². The number of piperazine rings is 1. The maximum atomic E-state index is 11.7. The van der Waals surface area contributed by atoms with Gasteiger partial charge in [-0.15, -0.1) is 0 Å². The minimum absolute atomic E-state index is 0.265. The highest BCUT2D eigenvalue weighted by molar-refractivity contribution is 6.00. The van der Waals surface area contributed by atoms with Crippen LogP contribution >= 0.6 is 0 Å². The van der Waals surface area contributed by atoms with E-state index >= 15 is 0 Å². The standard InChI is InChI=1S/C29H27N7O/c1-3-27(37)32-23-8-4-6-20(16-23)25-9-5-7-21-19-31-29(34-28(21)25)33-24-10-11-26(22(17-24)18-30)36-14-12-35(2)13-15-36/h3-11,16-17,19H,1,12-15H2,2H3,(H,32,37)(H,31,33,34). The third-order valence-electron chi connectivity index (χ3n) is 6.45. The number of likely N-dealkylation sites (N-methyl/N-ethyl adjacent to an activating group) is 1. The second-order valence-corrected chi connectivity index (χ2v) is 8.97. The van der Waals surface area contributed by atoms with Gasteiger partial charge in [-0.25, -0.2) is 9.97 Å². The van der Waals surface area contributed by atoms with Crippen molar-refractivity contribution in [3.63, 3.8) is 0 Å². The Morgan fingerprint density at radius 2 is 1.86 bits per heavy atom. The quantitative estimate of drug-likeness (QED) is 0.376. The van der Waals surface area contributed by atoms with Crippen LogP contribution in [0.25, 0.3) is 22.0 Å². The van der Waals surface area contributed by atoms with Gasteiger partial charge in [-0.3, -0.25) is 4.79 Å². The molecular formula is C29H27N7O. The topological polar surface area (TPSA) is 97.2 Å². The first-order valence-corrected chi connectivity index (χ1v) is 12.1. The summed E-state index contributed by atoms with van der Waals surface area (Å²) in [5, 5.41) is 16.8. The maximum absolute atomic E-state index is 11.7. The van der Waals surface area contributed by atoms with Gasteiger partial charge in [-0.05, 0) is 49.0 Å². The molecule has 2 N–H and O–H groups in total. The number of para-hydroxylation sites is 1. The lowest BCUT2D eigenvalue weighted by atomic mass is 10.0. The van der Waals surface area contributed by atoms with Gasteiger partial charge in [0.2, 0.25) is 11.9 Å². The zero-order chi connectivity index (χ0) is 25.8. The summed E-state index contributed by atoms with van der Waals surface area (Å²) in [4.78, 5) is 25.6. The molecule has 8 heteroatoms. The summed E-state index contributed by atoms with van der Waals surface area (Å²) in [6, 6.07) is 21.6. The number of hydrogen-bond acceptors (Lipinski definition) is 7. The van der Waals surface area contributed by atoms with Crippen molar-refractivity contribution >= 4 is 39.8 Å². The average Bonchev–Trinajstić information content (AvgIpc) is 2.93. The van der Waals surface area contributed by atoms with Crippen LogP contribution < -0.4 is 15.5 Å². The predicted molar refractivity (Wildman–Crippen MR) is 148 cm³/mol. The Morgan fingerprint density at radius 1 is 1.05 bits per heavy atom. The number of rotatable bonds is 6. The van der Waals surface area contributed by atoms with Crippen LogP contribution in [-0.2, 0) is 4.79 Å². The van der Waals surface area contributed by atoms with Gasteiger partial charge in [-0.2, -0.15) is 5.26 Å². The Morgan fingerprint density at radius 3 is 2.65 bits per heavy atom. The van der Waals surface area contributed by atoms with Crippen LogP contribution in [0.5, 0.6) is 0 Å². The normalized spacial score (nSPS) is 13.7. The first-order chi connectivity index (χ1) is 18.0. The molecule has 0 bridgehead atoms. The van der Waals surface area contributed by atoms with Crippen LogP contribution in [0.2, 0.25) is 0 Å². The first-order valence-electron chi connectivity index (χ1n) is 12.1. The van der Waals surface area contributed by atoms with Gasteiger partial charge in [0, 0.05) is 54.7 Å². The molecule has 37 heavy (non-hydrogen) atoms. The molecule has 3 aromatic carbocycles. The van der Waals surface area contributed by atoms with Crippen LogP contribution in [0, 0.1) is 11.3 Å². The SMILES string of the molecule is C=CC(=O)Nc1cccc(-c2cccc3cnc(Nc4ccc(N5CCN(C)CC5)c(C#N)c4)nc23)c1. The highest BCUT2D eigenvalue weighted by Crippen LogP contribution is 2.31. The highest BCUT2D eigenvalue weighted by atomic mass is 16.1. The second-order valence-electron chi connectivity index (χ2n) is 8.97. The molecule has 1 aliphatic rings. The summed E-state index contributed by atoms with van der Waals surface area (Å²) in [7, 11) is 2.11. The molecule has 1 fully saturated rings. The summed E-state index contributed by atoms with van der Waals surface area (Å²) in [6.45, 7) is 7.25. The summed E-state index contributed by atoms with van der Waals surface area (Å²) in [5.41, 5.74) is 5.61. The molecule has 2 heterocycles. The van der Waals surface area contributed by atoms with E-state index in [1.54, 1.807) is 6.20 Å². The van der Waals surface area contributed by atoms with E-state index in [1.165, 1.54) is 6.08 Å². The van der Waals surface area contributed by atoms with Crippen LogP contribution in [0.4, 0.5) is 23.0 Å². The molecule has 0 aliphatic carbocycles. The lowest BCUT2D eigenvalue weighted by Gasteiger charge is -2.34. The van der Waals surface area contributed by atoms with Crippen LogP contribution in [0.1, 0.15) is 5.56 Å². The number of nitrogens with zero attached hydrogens (tertiary/aromatic N) is 5. The molecule has 1 amide bonds. The molecular weight excluding hydrogens is 462 g/mol. The average molecular weight is 490 g/mol. The van der Waals surface area contributed by atoms with Crippen molar-refractivity contribution in [2.45, 2.75) is 0 Å². The van der Waals surface area contributed by atoms with E-state index in [0.29, 0.717) is 17.2 Å². The smallest absolute Gasteiger partial charge is 0.247 e. The molecule has 1 saturated heterocycles. The van der Waals surface area contributed by atoms with Crippen molar-refractivity contribution in [3.05, 3.63) is 85.1 Å². The van der Waals surface area contributed by atoms with Crippen molar-refractivity contribution in [2.24, 2.45) is 0 Å². The van der Waals surface area contributed by atoms with Crippen molar-refractivity contribution < 1.29 is 4.79 Å². The number of fused-ring (bicyclic) bond motifs is 1. The van der Waals surface area contributed by atoms with Gasteiger partial charge in [0.05, 0.1) is 16.8 Å². The van der Waals surface area contributed by atoms with Gasteiger partial charge in [0.25, 0.3) is 0 Å². The minimum Gasteiger partial charge on any atom is -0.368 e. The van der Waals surface area contributed by atoms with Gasteiger partial charge < -0.3 is 20.4 Å². The number of nitrogens with one attached hydrogen (secondary N) is 2. The summed E-state index contributed by atoms with van der Waals surface area (Å²) >= 11 is 0. The Labute approximate surface area is 215 Å². The maximum Gasteiger partial charge on any atom is 0.247 e. The Balaban J connectivity index is 1.44. The fourth-order valence-electron chi connectivity index (χ4n) is 4.46. The molecule has 184 valence electrons. The number of aromatic nitrogens is 2. The molecule has 1 aliphatic heterocycles. The predicted octanol–water partition coefficient (Wildman–Crippen LogP) is 4.79.